The summed E-state index contributed by atoms with van der Waals surface area (Å²) in [6, 6.07) is 8.75. The molecule has 1 aromatic carbocycles. The van der Waals surface area contributed by atoms with E-state index >= 15 is 0 Å². The topological polar surface area (TPSA) is 44.1 Å². The molecule has 4 nitrogen and oxygen atoms in total. The summed E-state index contributed by atoms with van der Waals surface area (Å²) in [7, 11) is 0. The van der Waals surface area contributed by atoms with Crippen molar-refractivity contribution in [1.82, 2.24) is 9.55 Å². The van der Waals surface area contributed by atoms with Gasteiger partial charge in [0.05, 0.1) is 16.9 Å². The quantitative estimate of drug-likeness (QED) is 0.470. The molecule has 1 spiro atoms. The number of fused-ring (bicyclic) bond motifs is 4. The molecule has 1 saturated heterocycles. The van der Waals surface area contributed by atoms with E-state index < -0.39 is 0 Å². The predicted octanol–water partition coefficient (Wildman–Crippen LogP) is 5.52. The molecule has 5 rings (SSSR count). The first kappa shape index (κ1) is 20.3. The van der Waals surface area contributed by atoms with Gasteiger partial charge in [0.15, 0.2) is 5.16 Å². The van der Waals surface area contributed by atoms with Crippen LogP contribution in [0.4, 0.5) is 0 Å². The Kier molecular flexibility index (Phi) is 5.10. The summed E-state index contributed by atoms with van der Waals surface area (Å²) in [4.78, 5) is 19.4. The van der Waals surface area contributed by atoms with Crippen molar-refractivity contribution in [3.05, 3.63) is 45.7 Å². The largest absolute Gasteiger partial charge is 0.375 e. The highest BCUT2D eigenvalue weighted by Crippen LogP contribution is 2.49. The Bertz CT molecular complexity index is 1020. The maximum absolute atomic E-state index is 14.3. The maximum atomic E-state index is 14.3. The van der Waals surface area contributed by atoms with Gasteiger partial charge in [-0.05, 0) is 57.8 Å². The molecule has 1 aromatic heterocycles. The van der Waals surface area contributed by atoms with Crippen molar-refractivity contribution in [1.29, 1.82) is 0 Å². The number of hydrogen-bond donors (Lipinski definition) is 0. The van der Waals surface area contributed by atoms with E-state index in [1.165, 1.54) is 24.8 Å². The van der Waals surface area contributed by atoms with E-state index in [1.54, 1.807) is 11.8 Å². The highest BCUT2D eigenvalue weighted by atomic mass is 32.2. The second-order valence-corrected chi connectivity index (χ2v) is 10.7. The average molecular weight is 425 g/mol. The number of benzene rings is 1. The van der Waals surface area contributed by atoms with Crippen molar-refractivity contribution in [3.63, 3.8) is 0 Å². The second kappa shape index (κ2) is 7.52. The van der Waals surface area contributed by atoms with Crippen LogP contribution in [0.25, 0.3) is 11.3 Å². The Hall–Kier alpha value is -1.59. The molecule has 1 atom stereocenters. The van der Waals surface area contributed by atoms with Crippen molar-refractivity contribution in [2.24, 2.45) is 0 Å². The smallest absolute Gasteiger partial charge is 0.258 e. The fourth-order valence-electron chi connectivity index (χ4n) is 6.09. The van der Waals surface area contributed by atoms with Gasteiger partial charge in [-0.15, -0.1) is 0 Å². The third-order valence-corrected chi connectivity index (χ3v) is 8.10. The SMILES string of the molecule is CSc1nc2c(c(=O)n1[C@H]1CCOC(C)(C)C1)C1(CCCCC1)Cc1ccccc1-2. The molecule has 5 heteroatoms. The summed E-state index contributed by atoms with van der Waals surface area (Å²) in [5, 5.41) is 0.851. The number of rotatable bonds is 2. The van der Waals surface area contributed by atoms with Gasteiger partial charge in [0.25, 0.3) is 5.56 Å². The molecule has 160 valence electrons. The van der Waals surface area contributed by atoms with Crippen LogP contribution in [0, 0.1) is 0 Å². The highest BCUT2D eigenvalue weighted by molar-refractivity contribution is 7.98. The zero-order valence-corrected chi connectivity index (χ0v) is 19.2. The lowest BCUT2D eigenvalue weighted by molar-refractivity contribution is -0.0710. The standard InChI is InChI=1S/C25H32N2O2S/c1-24(2)16-18(11-14-29-24)27-22(28)20-21(26-23(27)30-3)19-10-6-5-9-17(19)15-25(20)12-7-4-8-13-25/h5-6,9-10,18H,4,7-8,11-16H2,1-3H3/t18-/m0/s1. The molecule has 1 saturated carbocycles. The molecular formula is C25H32N2O2S. The van der Waals surface area contributed by atoms with Gasteiger partial charge in [0, 0.05) is 23.6 Å². The minimum Gasteiger partial charge on any atom is -0.375 e. The van der Waals surface area contributed by atoms with Crippen molar-refractivity contribution < 1.29 is 4.74 Å². The number of hydrogen-bond acceptors (Lipinski definition) is 4. The van der Waals surface area contributed by atoms with Crippen LogP contribution in [0.5, 0.6) is 0 Å². The molecule has 3 aliphatic rings. The highest BCUT2D eigenvalue weighted by Gasteiger charge is 2.44. The minimum atomic E-state index is -0.205. The van der Waals surface area contributed by atoms with Gasteiger partial charge in [-0.2, -0.15) is 0 Å². The van der Waals surface area contributed by atoms with Crippen LogP contribution < -0.4 is 5.56 Å². The van der Waals surface area contributed by atoms with E-state index in [9.17, 15) is 4.79 Å². The molecular weight excluding hydrogens is 392 g/mol. The molecule has 0 radical (unpaired) electrons. The van der Waals surface area contributed by atoms with Gasteiger partial charge in [-0.3, -0.25) is 9.36 Å². The van der Waals surface area contributed by atoms with Crippen molar-refractivity contribution >= 4 is 11.8 Å². The van der Waals surface area contributed by atoms with E-state index in [1.807, 2.05) is 10.8 Å². The van der Waals surface area contributed by atoms with E-state index in [0.29, 0.717) is 6.61 Å². The van der Waals surface area contributed by atoms with Crippen molar-refractivity contribution in [3.8, 4) is 11.3 Å². The molecule has 0 bridgehead atoms. The Labute approximate surface area is 183 Å². The third kappa shape index (κ3) is 3.25. The fourth-order valence-corrected chi connectivity index (χ4v) is 6.70. The summed E-state index contributed by atoms with van der Waals surface area (Å²) in [5.74, 6) is 0. The first-order valence-corrected chi connectivity index (χ1v) is 12.6. The van der Waals surface area contributed by atoms with Crippen LogP contribution >= 0.6 is 11.8 Å². The predicted molar refractivity (Wildman–Crippen MR) is 122 cm³/mol. The van der Waals surface area contributed by atoms with Gasteiger partial charge in [-0.25, -0.2) is 4.98 Å². The van der Waals surface area contributed by atoms with E-state index in [2.05, 4.69) is 38.1 Å². The van der Waals surface area contributed by atoms with Crippen LogP contribution in [0.2, 0.25) is 0 Å². The van der Waals surface area contributed by atoms with Gasteiger partial charge >= 0.3 is 0 Å². The molecule has 2 aliphatic carbocycles. The molecule has 1 aliphatic heterocycles. The molecule has 0 N–H and O–H groups in total. The molecule has 2 aromatic rings. The van der Waals surface area contributed by atoms with Gasteiger partial charge in [-0.1, -0.05) is 55.3 Å². The normalized spacial score (nSPS) is 24.3. The van der Waals surface area contributed by atoms with E-state index in [0.717, 1.165) is 54.1 Å². The van der Waals surface area contributed by atoms with Crippen LogP contribution in [-0.4, -0.2) is 28.0 Å². The second-order valence-electron chi connectivity index (χ2n) is 9.93. The van der Waals surface area contributed by atoms with Crippen molar-refractivity contribution in [2.75, 3.05) is 12.9 Å². The molecule has 2 fully saturated rings. The summed E-state index contributed by atoms with van der Waals surface area (Å²) < 4.78 is 8.00. The fraction of sp³-hybridized carbons (Fsp3) is 0.600. The summed E-state index contributed by atoms with van der Waals surface area (Å²) in [6.45, 7) is 4.96. The summed E-state index contributed by atoms with van der Waals surface area (Å²) in [6.07, 6.45) is 10.6. The number of thioether (sulfide) groups is 1. The summed E-state index contributed by atoms with van der Waals surface area (Å²) >= 11 is 1.60. The number of ether oxygens (including phenoxy) is 1. The van der Waals surface area contributed by atoms with Crippen LogP contribution in [-0.2, 0) is 16.6 Å². The zero-order valence-electron chi connectivity index (χ0n) is 18.4. The Morgan fingerprint density at radius 2 is 1.93 bits per heavy atom. The first-order chi connectivity index (χ1) is 14.4. The number of nitrogens with zero attached hydrogens (tertiary/aromatic N) is 2. The molecule has 2 heterocycles. The summed E-state index contributed by atoms with van der Waals surface area (Å²) in [5.41, 5.74) is 4.43. The van der Waals surface area contributed by atoms with Crippen LogP contribution in [0.15, 0.2) is 34.2 Å². The lowest BCUT2D eigenvalue weighted by Crippen LogP contribution is -2.45. The lowest BCUT2D eigenvalue weighted by atomic mass is 9.62. The molecule has 0 unspecified atom stereocenters. The third-order valence-electron chi connectivity index (χ3n) is 7.44. The molecule has 30 heavy (non-hydrogen) atoms. The van der Waals surface area contributed by atoms with E-state index in [4.69, 9.17) is 9.72 Å². The monoisotopic (exact) mass is 424 g/mol. The number of aromatic nitrogens is 2. The first-order valence-electron chi connectivity index (χ1n) is 11.4. The maximum Gasteiger partial charge on any atom is 0.258 e. The minimum absolute atomic E-state index is 0.0502. The Balaban J connectivity index is 1.75. The zero-order chi connectivity index (χ0) is 20.9. The Morgan fingerprint density at radius 1 is 1.17 bits per heavy atom. The van der Waals surface area contributed by atoms with Crippen LogP contribution in [0.1, 0.15) is 76.0 Å². The lowest BCUT2D eigenvalue weighted by Gasteiger charge is -2.43. The molecule has 0 amide bonds. The van der Waals surface area contributed by atoms with Crippen LogP contribution in [0.3, 0.4) is 0 Å². The Morgan fingerprint density at radius 3 is 2.67 bits per heavy atom. The van der Waals surface area contributed by atoms with E-state index in [-0.39, 0.29) is 22.6 Å². The van der Waals surface area contributed by atoms with Crippen molar-refractivity contribution in [2.45, 2.75) is 87.4 Å². The van der Waals surface area contributed by atoms with Gasteiger partial charge in [0.1, 0.15) is 0 Å². The van der Waals surface area contributed by atoms with Gasteiger partial charge in [0.2, 0.25) is 0 Å². The van der Waals surface area contributed by atoms with Gasteiger partial charge < -0.3 is 4.74 Å². The average Bonchev–Trinajstić information content (AvgIpc) is 2.73.